The lowest BCUT2D eigenvalue weighted by atomic mass is 10.1. The van der Waals surface area contributed by atoms with Crippen LogP contribution in [0.1, 0.15) is 45.4 Å². The SMILES string of the molecule is CCCCCCCCOc1cc(N=Nc2ccccn2)cc2ccccc12. The molecule has 3 aromatic rings. The van der Waals surface area contributed by atoms with E-state index in [1.807, 2.05) is 42.5 Å². The van der Waals surface area contributed by atoms with E-state index in [2.05, 4.69) is 34.3 Å². The summed E-state index contributed by atoms with van der Waals surface area (Å²) in [4.78, 5) is 4.18. The van der Waals surface area contributed by atoms with Gasteiger partial charge in [-0.3, -0.25) is 0 Å². The summed E-state index contributed by atoms with van der Waals surface area (Å²) in [5, 5.41) is 10.8. The zero-order valence-corrected chi connectivity index (χ0v) is 16.0. The van der Waals surface area contributed by atoms with Crippen molar-refractivity contribution >= 4 is 22.3 Å². The van der Waals surface area contributed by atoms with Gasteiger partial charge in [0.15, 0.2) is 5.82 Å². The highest BCUT2D eigenvalue weighted by Gasteiger charge is 2.05. The number of benzene rings is 2. The molecule has 0 fully saturated rings. The minimum atomic E-state index is 0.597. The molecule has 0 N–H and O–H groups in total. The van der Waals surface area contributed by atoms with E-state index in [1.165, 1.54) is 32.1 Å². The average Bonchev–Trinajstić information content (AvgIpc) is 2.72. The van der Waals surface area contributed by atoms with Crippen molar-refractivity contribution < 1.29 is 4.74 Å². The molecule has 3 rings (SSSR count). The molecule has 27 heavy (non-hydrogen) atoms. The predicted molar refractivity (Wildman–Crippen MR) is 111 cm³/mol. The predicted octanol–water partition coefficient (Wildman–Crippen LogP) is 7.39. The molecule has 0 unspecified atom stereocenters. The normalized spacial score (nSPS) is 11.3. The summed E-state index contributed by atoms with van der Waals surface area (Å²) in [6, 6.07) is 17.8. The molecule has 0 aliphatic rings. The van der Waals surface area contributed by atoms with E-state index in [9.17, 15) is 0 Å². The Morgan fingerprint density at radius 1 is 0.852 bits per heavy atom. The van der Waals surface area contributed by atoms with Crippen molar-refractivity contribution in [1.29, 1.82) is 0 Å². The van der Waals surface area contributed by atoms with Gasteiger partial charge in [0.1, 0.15) is 5.75 Å². The van der Waals surface area contributed by atoms with Crippen molar-refractivity contribution in [2.75, 3.05) is 6.61 Å². The summed E-state index contributed by atoms with van der Waals surface area (Å²) in [6.07, 6.45) is 9.23. The number of hydrogen-bond acceptors (Lipinski definition) is 4. The fourth-order valence-corrected chi connectivity index (χ4v) is 3.02. The molecule has 2 aromatic carbocycles. The van der Waals surface area contributed by atoms with Gasteiger partial charge in [0.2, 0.25) is 0 Å². The third-order valence-corrected chi connectivity index (χ3v) is 4.48. The molecule has 0 spiro atoms. The second-order valence-electron chi connectivity index (χ2n) is 6.67. The van der Waals surface area contributed by atoms with Gasteiger partial charge in [-0.25, -0.2) is 4.98 Å². The van der Waals surface area contributed by atoms with Crippen molar-refractivity contribution in [2.45, 2.75) is 45.4 Å². The van der Waals surface area contributed by atoms with E-state index in [0.29, 0.717) is 5.82 Å². The first kappa shape index (κ1) is 19.0. The van der Waals surface area contributed by atoms with E-state index < -0.39 is 0 Å². The first-order valence-electron chi connectivity index (χ1n) is 9.85. The lowest BCUT2D eigenvalue weighted by molar-refractivity contribution is 0.308. The minimum Gasteiger partial charge on any atom is -0.493 e. The molecule has 1 aromatic heterocycles. The smallest absolute Gasteiger partial charge is 0.174 e. The highest BCUT2D eigenvalue weighted by atomic mass is 16.5. The van der Waals surface area contributed by atoms with Gasteiger partial charge >= 0.3 is 0 Å². The van der Waals surface area contributed by atoms with Gasteiger partial charge in [-0.2, -0.15) is 0 Å². The molecule has 4 heteroatoms. The summed E-state index contributed by atoms with van der Waals surface area (Å²) in [7, 11) is 0. The Kier molecular flexibility index (Phi) is 7.34. The molecule has 0 radical (unpaired) electrons. The van der Waals surface area contributed by atoms with Crippen LogP contribution in [0.4, 0.5) is 11.5 Å². The van der Waals surface area contributed by atoms with Crippen molar-refractivity contribution in [3.8, 4) is 5.75 Å². The second-order valence-corrected chi connectivity index (χ2v) is 6.67. The van der Waals surface area contributed by atoms with Crippen LogP contribution in [0.5, 0.6) is 5.75 Å². The molecule has 0 bridgehead atoms. The number of aromatic nitrogens is 1. The summed E-state index contributed by atoms with van der Waals surface area (Å²) >= 11 is 0. The zero-order valence-electron chi connectivity index (χ0n) is 16.0. The van der Waals surface area contributed by atoms with E-state index in [-0.39, 0.29) is 0 Å². The Bertz CT molecular complexity index is 862. The molecule has 0 saturated heterocycles. The van der Waals surface area contributed by atoms with Crippen molar-refractivity contribution in [3.63, 3.8) is 0 Å². The van der Waals surface area contributed by atoms with Gasteiger partial charge in [-0.1, -0.05) is 69.4 Å². The van der Waals surface area contributed by atoms with Gasteiger partial charge in [-0.05, 0) is 30.0 Å². The summed E-state index contributed by atoms with van der Waals surface area (Å²) in [5.74, 6) is 1.47. The average molecular weight is 361 g/mol. The van der Waals surface area contributed by atoms with Crippen molar-refractivity contribution in [3.05, 3.63) is 60.8 Å². The maximum absolute atomic E-state index is 6.10. The molecule has 4 nitrogen and oxygen atoms in total. The van der Waals surface area contributed by atoms with Gasteiger partial charge in [-0.15, -0.1) is 10.2 Å². The molecule has 0 atom stereocenters. The highest BCUT2D eigenvalue weighted by Crippen LogP contribution is 2.32. The molecule has 0 amide bonds. The monoisotopic (exact) mass is 361 g/mol. The van der Waals surface area contributed by atoms with Crippen LogP contribution in [0.25, 0.3) is 10.8 Å². The second kappa shape index (κ2) is 10.4. The minimum absolute atomic E-state index is 0.597. The summed E-state index contributed by atoms with van der Waals surface area (Å²) < 4.78 is 6.10. The van der Waals surface area contributed by atoms with Crippen LogP contribution in [0, 0.1) is 0 Å². The molecule has 0 saturated carbocycles. The third-order valence-electron chi connectivity index (χ3n) is 4.48. The topological polar surface area (TPSA) is 46.8 Å². The number of nitrogens with zero attached hydrogens (tertiary/aromatic N) is 3. The maximum Gasteiger partial charge on any atom is 0.174 e. The number of ether oxygens (including phenoxy) is 1. The molecule has 0 aliphatic heterocycles. The fourth-order valence-electron chi connectivity index (χ4n) is 3.02. The Labute approximate surface area is 161 Å². The van der Waals surface area contributed by atoms with Crippen LogP contribution in [-0.4, -0.2) is 11.6 Å². The Morgan fingerprint density at radius 2 is 1.67 bits per heavy atom. The maximum atomic E-state index is 6.10. The number of rotatable bonds is 10. The van der Waals surface area contributed by atoms with Crippen molar-refractivity contribution in [1.82, 2.24) is 4.98 Å². The zero-order chi connectivity index (χ0) is 18.7. The Hall–Kier alpha value is -2.75. The fraction of sp³-hybridized carbons (Fsp3) is 0.348. The van der Waals surface area contributed by atoms with E-state index in [4.69, 9.17) is 4.74 Å². The van der Waals surface area contributed by atoms with Gasteiger partial charge in [0, 0.05) is 17.6 Å². The summed E-state index contributed by atoms with van der Waals surface area (Å²) in [5.41, 5.74) is 0.775. The Morgan fingerprint density at radius 3 is 2.52 bits per heavy atom. The van der Waals surface area contributed by atoms with Crippen LogP contribution in [-0.2, 0) is 0 Å². The molecule has 0 aliphatic carbocycles. The van der Waals surface area contributed by atoms with Crippen LogP contribution in [0.3, 0.4) is 0 Å². The number of azo groups is 1. The van der Waals surface area contributed by atoms with Crippen LogP contribution < -0.4 is 4.74 Å². The van der Waals surface area contributed by atoms with Crippen LogP contribution in [0.15, 0.2) is 71.0 Å². The largest absolute Gasteiger partial charge is 0.493 e. The van der Waals surface area contributed by atoms with E-state index >= 15 is 0 Å². The molecule has 1 heterocycles. The van der Waals surface area contributed by atoms with Gasteiger partial charge < -0.3 is 4.74 Å². The molecule has 140 valence electrons. The number of unbranched alkanes of at least 4 members (excludes halogenated alkanes) is 5. The number of hydrogen-bond donors (Lipinski definition) is 0. The first-order chi connectivity index (χ1) is 13.4. The van der Waals surface area contributed by atoms with Crippen molar-refractivity contribution in [2.24, 2.45) is 10.2 Å². The highest BCUT2D eigenvalue weighted by molar-refractivity contribution is 5.91. The molecular formula is C23H27N3O. The van der Waals surface area contributed by atoms with Crippen LogP contribution >= 0.6 is 0 Å². The number of pyridine rings is 1. The lowest BCUT2D eigenvalue weighted by Crippen LogP contribution is -1.98. The quantitative estimate of drug-likeness (QED) is 0.279. The summed E-state index contributed by atoms with van der Waals surface area (Å²) in [6.45, 7) is 2.98. The van der Waals surface area contributed by atoms with E-state index in [1.54, 1.807) is 6.20 Å². The van der Waals surface area contributed by atoms with Crippen LogP contribution in [0.2, 0.25) is 0 Å². The molecular weight excluding hydrogens is 334 g/mol. The van der Waals surface area contributed by atoms with Gasteiger partial charge in [0.25, 0.3) is 0 Å². The Balaban J connectivity index is 1.68. The standard InChI is InChI=1S/C23H27N3O/c1-2-3-4-5-6-11-16-27-22-18-20(17-19-12-7-8-13-21(19)22)25-26-23-14-9-10-15-24-23/h7-10,12-15,17-18H,2-6,11,16H2,1H3. The van der Waals surface area contributed by atoms with E-state index in [0.717, 1.165) is 35.2 Å². The third kappa shape index (κ3) is 5.88. The number of fused-ring (bicyclic) bond motifs is 1. The van der Waals surface area contributed by atoms with Gasteiger partial charge in [0.05, 0.1) is 12.3 Å². The first-order valence-corrected chi connectivity index (χ1v) is 9.85. The lowest BCUT2D eigenvalue weighted by Gasteiger charge is -2.10.